The Kier molecular flexibility index (Phi) is 6.26. The number of hydrogen-bond acceptors (Lipinski definition) is 7. The zero-order valence-electron chi connectivity index (χ0n) is 18.5. The van der Waals surface area contributed by atoms with E-state index >= 15 is 0 Å². The first kappa shape index (κ1) is 21.9. The molecule has 0 aliphatic carbocycles. The second-order valence-electron chi connectivity index (χ2n) is 7.24. The van der Waals surface area contributed by atoms with Crippen LogP contribution < -0.4 is 20.1 Å². The average molecular weight is 444 g/mol. The van der Waals surface area contributed by atoms with Crippen molar-refractivity contribution < 1.29 is 19.4 Å². The fraction of sp³-hybridized carbons (Fsp3) is 0.160. The first-order valence-corrected chi connectivity index (χ1v) is 10.4. The smallest absolute Gasteiger partial charge is 0.255 e. The number of fused-ring (bicyclic) bond motifs is 1. The summed E-state index contributed by atoms with van der Waals surface area (Å²) < 4.78 is 10.9. The Morgan fingerprint density at radius 2 is 1.73 bits per heavy atom. The lowest BCUT2D eigenvalue weighted by Crippen LogP contribution is -2.11. The normalized spacial score (nSPS) is 10.6. The molecular formula is C25H24N4O4. The van der Waals surface area contributed by atoms with Gasteiger partial charge >= 0.3 is 0 Å². The van der Waals surface area contributed by atoms with E-state index in [0.717, 1.165) is 10.9 Å². The Hall–Kier alpha value is -4.33. The Balaban J connectivity index is 1.78. The molecule has 0 bridgehead atoms. The number of phenolic OH excluding ortho intramolecular Hbond substituents is 1. The maximum Gasteiger partial charge on any atom is 0.255 e. The Morgan fingerprint density at radius 1 is 0.970 bits per heavy atom. The van der Waals surface area contributed by atoms with Crippen LogP contribution in [0, 0.1) is 0 Å². The molecule has 8 heteroatoms. The Labute approximate surface area is 191 Å². The van der Waals surface area contributed by atoms with Crippen molar-refractivity contribution in [2.24, 2.45) is 0 Å². The zero-order chi connectivity index (χ0) is 23.4. The number of nitrogens with one attached hydrogen (secondary N) is 2. The molecular weight excluding hydrogens is 420 g/mol. The lowest BCUT2D eigenvalue weighted by molar-refractivity contribution is 0.102. The SMILES string of the molecule is CCNc1nc(-c2cccc(NC(=O)c3cccc(O)c3)c2)c2cc(OC)c(OC)cc2n1. The van der Waals surface area contributed by atoms with Crippen LogP contribution in [0.5, 0.6) is 17.2 Å². The van der Waals surface area contributed by atoms with Crippen molar-refractivity contribution >= 4 is 28.4 Å². The van der Waals surface area contributed by atoms with Gasteiger partial charge in [-0.2, -0.15) is 0 Å². The number of anilines is 2. The highest BCUT2D eigenvalue weighted by atomic mass is 16.5. The van der Waals surface area contributed by atoms with Gasteiger partial charge in [0, 0.05) is 34.8 Å². The van der Waals surface area contributed by atoms with E-state index in [1.165, 1.54) is 12.1 Å². The predicted molar refractivity (Wildman–Crippen MR) is 128 cm³/mol. The highest BCUT2D eigenvalue weighted by Gasteiger charge is 2.15. The van der Waals surface area contributed by atoms with E-state index in [0.29, 0.717) is 46.5 Å². The van der Waals surface area contributed by atoms with Gasteiger partial charge in [-0.1, -0.05) is 18.2 Å². The third-order valence-electron chi connectivity index (χ3n) is 5.04. The van der Waals surface area contributed by atoms with Crippen molar-refractivity contribution in [1.82, 2.24) is 9.97 Å². The number of aromatic hydroxyl groups is 1. The zero-order valence-corrected chi connectivity index (χ0v) is 18.5. The minimum Gasteiger partial charge on any atom is -0.508 e. The van der Waals surface area contributed by atoms with Crippen molar-refractivity contribution in [2.75, 3.05) is 31.4 Å². The number of ether oxygens (including phenoxy) is 2. The van der Waals surface area contributed by atoms with Crippen LogP contribution >= 0.6 is 0 Å². The molecule has 0 spiro atoms. The summed E-state index contributed by atoms with van der Waals surface area (Å²) in [5, 5.41) is 16.5. The van der Waals surface area contributed by atoms with Crippen LogP contribution in [0.2, 0.25) is 0 Å². The van der Waals surface area contributed by atoms with Crippen LogP contribution in [0.1, 0.15) is 17.3 Å². The molecule has 0 aliphatic rings. The molecule has 1 heterocycles. The van der Waals surface area contributed by atoms with Crippen LogP contribution in [0.3, 0.4) is 0 Å². The van der Waals surface area contributed by atoms with Crippen LogP contribution in [-0.2, 0) is 0 Å². The van der Waals surface area contributed by atoms with Gasteiger partial charge in [-0.3, -0.25) is 4.79 Å². The first-order valence-electron chi connectivity index (χ1n) is 10.4. The summed E-state index contributed by atoms with van der Waals surface area (Å²) in [7, 11) is 3.16. The number of rotatable bonds is 7. The summed E-state index contributed by atoms with van der Waals surface area (Å²) in [6, 6.07) is 17.2. The van der Waals surface area contributed by atoms with Crippen LogP contribution in [0.15, 0.2) is 60.7 Å². The van der Waals surface area contributed by atoms with Crippen LogP contribution in [0.25, 0.3) is 22.2 Å². The molecule has 8 nitrogen and oxygen atoms in total. The monoisotopic (exact) mass is 444 g/mol. The number of hydrogen-bond donors (Lipinski definition) is 3. The Bertz CT molecular complexity index is 1320. The van der Waals surface area contributed by atoms with Gasteiger partial charge in [-0.05, 0) is 43.3 Å². The van der Waals surface area contributed by atoms with E-state index < -0.39 is 0 Å². The van der Waals surface area contributed by atoms with E-state index in [9.17, 15) is 9.90 Å². The number of aromatic nitrogens is 2. The van der Waals surface area contributed by atoms with Gasteiger partial charge in [0.1, 0.15) is 5.75 Å². The first-order chi connectivity index (χ1) is 16.0. The minimum atomic E-state index is -0.324. The number of carbonyl (C=O) groups is 1. The molecule has 0 saturated heterocycles. The molecule has 0 aliphatic heterocycles. The quantitative estimate of drug-likeness (QED) is 0.379. The van der Waals surface area contributed by atoms with Gasteiger partial charge in [0.05, 0.1) is 25.4 Å². The molecule has 0 atom stereocenters. The topological polar surface area (TPSA) is 106 Å². The standard InChI is InChI=1S/C25H24N4O4/c1-4-26-25-28-20-14-22(33-3)21(32-2)13-19(20)23(29-25)15-7-5-9-17(11-15)27-24(31)16-8-6-10-18(30)12-16/h5-14,30H,4H2,1-3H3,(H,27,31)(H,26,28,29). The van der Waals surface area contributed by atoms with Gasteiger partial charge in [-0.25, -0.2) is 9.97 Å². The molecule has 0 saturated carbocycles. The molecule has 33 heavy (non-hydrogen) atoms. The fourth-order valence-electron chi connectivity index (χ4n) is 3.51. The molecule has 0 radical (unpaired) electrons. The predicted octanol–water partition coefficient (Wildman–Crippen LogP) is 4.70. The number of methoxy groups -OCH3 is 2. The minimum absolute atomic E-state index is 0.0317. The third kappa shape index (κ3) is 4.64. The van der Waals surface area contributed by atoms with E-state index in [1.54, 1.807) is 32.4 Å². The largest absolute Gasteiger partial charge is 0.508 e. The third-order valence-corrected chi connectivity index (χ3v) is 5.04. The van der Waals surface area contributed by atoms with Gasteiger partial charge < -0.3 is 25.2 Å². The van der Waals surface area contributed by atoms with Crippen LogP contribution in [0.4, 0.5) is 11.6 Å². The molecule has 0 fully saturated rings. The Morgan fingerprint density at radius 3 is 2.45 bits per heavy atom. The maximum absolute atomic E-state index is 12.6. The van der Waals surface area contributed by atoms with E-state index in [4.69, 9.17) is 14.5 Å². The summed E-state index contributed by atoms with van der Waals surface area (Å²) in [4.78, 5) is 22.0. The van der Waals surface area contributed by atoms with E-state index in [-0.39, 0.29) is 11.7 Å². The number of carbonyl (C=O) groups excluding carboxylic acids is 1. The molecule has 1 aromatic heterocycles. The van der Waals surface area contributed by atoms with E-state index in [2.05, 4.69) is 15.6 Å². The summed E-state index contributed by atoms with van der Waals surface area (Å²) in [5.74, 6) is 1.34. The van der Waals surface area contributed by atoms with Gasteiger partial charge in [0.15, 0.2) is 11.5 Å². The molecule has 4 rings (SSSR count). The molecule has 4 aromatic rings. The number of phenols is 1. The maximum atomic E-state index is 12.6. The number of benzene rings is 3. The number of amides is 1. The molecule has 168 valence electrons. The second-order valence-corrected chi connectivity index (χ2v) is 7.24. The van der Waals surface area contributed by atoms with Gasteiger partial charge in [-0.15, -0.1) is 0 Å². The van der Waals surface area contributed by atoms with Crippen molar-refractivity contribution in [3.8, 4) is 28.5 Å². The van der Waals surface area contributed by atoms with Gasteiger partial charge in [0.2, 0.25) is 5.95 Å². The van der Waals surface area contributed by atoms with E-state index in [1.807, 2.05) is 37.3 Å². The van der Waals surface area contributed by atoms with Gasteiger partial charge in [0.25, 0.3) is 5.91 Å². The highest BCUT2D eigenvalue weighted by molar-refractivity contribution is 6.05. The average Bonchev–Trinajstić information content (AvgIpc) is 2.83. The summed E-state index contributed by atoms with van der Waals surface area (Å²) in [6.45, 7) is 2.64. The second kappa shape index (κ2) is 9.44. The summed E-state index contributed by atoms with van der Waals surface area (Å²) in [5.41, 5.74) is 3.13. The highest BCUT2D eigenvalue weighted by Crippen LogP contribution is 2.36. The number of nitrogens with zero attached hydrogens (tertiary/aromatic N) is 2. The molecule has 3 aromatic carbocycles. The van der Waals surface area contributed by atoms with Crippen molar-refractivity contribution in [3.05, 3.63) is 66.2 Å². The van der Waals surface area contributed by atoms with Crippen molar-refractivity contribution in [2.45, 2.75) is 6.92 Å². The summed E-state index contributed by atoms with van der Waals surface area (Å²) in [6.07, 6.45) is 0. The van der Waals surface area contributed by atoms with Crippen molar-refractivity contribution in [3.63, 3.8) is 0 Å². The summed E-state index contributed by atoms with van der Waals surface area (Å²) >= 11 is 0. The van der Waals surface area contributed by atoms with Crippen LogP contribution in [-0.4, -0.2) is 41.7 Å². The fourth-order valence-corrected chi connectivity index (χ4v) is 3.51. The van der Waals surface area contributed by atoms with Crippen molar-refractivity contribution in [1.29, 1.82) is 0 Å². The lowest BCUT2D eigenvalue weighted by atomic mass is 10.0. The molecule has 0 unspecified atom stereocenters. The molecule has 3 N–H and O–H groups in total. The molecule has 1 amide bonds. The lowest BCUT2D eigenvalue weighted by Gasteiger charge is -2.14.